The normalized spacial score (nSPS) is 16.4. The zero-order valence-corrected chi connectivity index (χ0v) is 29.5. The van der Waals surface area contributed by atoms with E-state index in [1.165, 1.54) is 0 Å². The number of fused-ring (bicyclic) bond motifs is 6. The predicted molar refractivity (Wildman–Crippen MR) is 216 cm³/mol. The van der Waals surface area contributed by atoms with Crippen LogP contribution in [0.25, 0.3) is 18.2 Å². The lowest BCUT2D eigenvalue weighted by atomic mass is 9.79. The molecular weight excluding hydrogens is 661 g/mol. The van der Waals surface area contributed by atoms with Crippen molar-refractivity contribution in [3.05, 3.63) is 250 Å². The molecule has 258 valence electrons. The summed E-state index contributed by atoms with van der Waals surface area (Å²) >= 11 is 0. The SMILES string of the molecule is C1=CC(c2ccccc2)(c2ccccc2)Oc2c3c(c4c(c21)OC(c1ccccc1)(c1ccccc1)C=C4)OC(c1ccccc1)(c1ccccc1)C=C3. The van der Waals surface area contributed by atoms with E-state index in [4.69, 9.17) is 14.2 Å². The van der Waals surface area contributed by atoms with E-state index in [0.29, 0.717) is 17.2 Å². The average Bonchev–Trinajstić information content (AvgIpc) is 3.27. The molecule has 0 aromatic heterocycles. The van der Waals surface area contributed by atoms with Crippen LogP contribution in [0.2, 0.25) is 0 Å². The highest BCUT2D eigenvalue weighted by atomic mass is 16.5. The zero-order valence-electron chi connectivity index (χ0n) is 29.5. The second-order valence-electron chi connectivity index (χ2n) is 13.9. The van der Waals surface area contributed by atoms with Gasteiger partial charge in [0.1, 0.15) is 17.2 Å². The van der Waals surface area contributed by atoms with Gasteiger partial charge in [-0.15, -0.1) is 0 Å². The lowest BCUT2D eigenvalue weighted by Gasteiger charge is -2.43. The summed E-state index contributed by atoms with van der Waals surface area (Å²) in [5.74, 6) is 2.11. The van der Waals surface area contributed by atoms with E-state index < -0.39 is 16.8 Å². The average molecular weight is 697 g/mol. The summed E-state index contributed by atoms with van der Waals surface area (Å²) < 4.78 is 22.5. The Kier molecular flexibility index (Phi) is 7.48. The Morgan fingerprint density at radius 3 is 0.611 bits per heavy atom. The first-order chi connectivity index (χ1) is 26.7. The van der Waals surface area contributed by atoms with Gasteiger partial charge in [-0.3, -0.25) is 0 Å². The van der Waals surface area contributed by atoms with Crippen molar-refractivity contribution in [1.82, 2.24) is 0 Å². The van der Waals surface area contributed by atoms with Crippen LogP contribution in [0.15, 0.2) is 200 Å². The summed E-state index contributed by atoms with van der Waals surface area (Å²) in [7, 11) is 0. The van der Waals surface area contributed by atoms with Crippen molar-refractivity contribution >= 4 is 18.2 Å². The molecule has 0 atom stereocenters. The van der Waals surface area contributed by atoms with Gasteiger partial charge in [0.25, 0.3) is 0 Å². The molecule has 0 bridgehead atoms. The second-order valence-corrected chi connectivity index (χ2v) is 13.9. The largest absolute Gasteiger partial charge is 0.472 e. The third-order valence-electron chi connectivity index (χ3n) is 10.9. The van der Waals surface area contributed by atoms with Crippen LogP contribution in [-0.2, 0) is 16.8 Å². The van der Waals surface area contributed by atoms with Gasteiger partial charge in [0, 0.05) is 33.4 Å². The highest BCUT2D eigenvalue weighted by Gasteiger charge is 2.46. The minimum absolute atomic E-state index is 0.704. The fourth-order valence-electron chi connectivity index (χ4n) is 8.26. The van der Waals surface area contributed by atoms with Gasteiger partial charge >= 0.3 is 0 Å². The molecule has 7 aromatic rings. The summed E-state index contributed by atoms with van der Waals surface area (Å²) in [6, 6.07) is 62.5. The van der Waals surface area contributed by atoms with Gasteiger partial charge < -0.3 is 14.2 Å². The lowest BCUT2D eigenvalue weighted by Crippen LogP contribution is -2.38. The minimum atomic E-state index is -0.904. The van der Waals surface area contributed by atoms with Crippen LogP contribution in [0.5, 0.6) is 17.2 Å². The Bertz CT molecular complexity index is 2110. The Labute approximate surface area is 315 Å². The molecule has 3 heteroatoms. The molecule has 3 aliphatic heterocycles. The first-order valence-electron chi connectivity index (χ1n) is 18.4. The molecule has 7 aromatic carbocycles. The summed E-state index contributed by atoms with van der Waals surface area (Å²) in [5.41, 5.74) is 6.04. The van der Waals surface area contributed by atoms with Gasteiger partial charge in [-0.2, -0.15) is 0 Å². The van der Waals surface area contributed by atoms with Gasteiger partial charge in [-0.1, -0.05) is 182 Å². The van der Waals surface area contributed by atoms with Crippen LogP contribution < -0.4 is 14.2 Å². The van der Waals surface area contributed by atoms with Gasteiger partial charge in [0.15, 0.2) is 16.8 Å². The smallest absolute Gasteiger partial charge is 0.178 e. The first-order valence-corrected chi connectivity index (χ1v) is 18.4. The van der Waals surface area contributed by atoms with Crippen LogP contribution in [0.3, 0.4) is 0 Å². The van der Waals surface area contributed by atoms with E-state index in [1.54, 1.807) is 0 Å². The third-order valence-corrected chi connectivity index (χ3v) is 10.9. The van der Waals surface area contributed by atoms with E-state index in [1.807, 2.05) is 36.4 Å². The Morgan fingerprint density at radius 2 is 0.426 bits per heavy atom. The number of rotatable bonds is 6. The van der Waals surface area contributed by atoms with Crippen molar-refractivity contribution in [2.75, 3.05) is 0 Å². The highest BCUT2D eigenvalue weighted by Crippen LogP contribution is 2.58. The predicted octanol–water partition coefficient (Wildman–Crippen LogP) is 11.7. The van der Waals surface area contributed by atoms with Crippen LogP contribution in [0, 0.1) is 0 Å². The van der Waals surface area contributed by atoms with Gasteiger partial charge in [-0.05, 0) is 36.5 Å². The number of ether oxygens (including phenoxy) is 3. The van der Waals surface area contributed by atoms with Crippen molar-refractivity contribution in [1.29, 1.82) is 0 Å². The zero-order chi connectivity index (χ0) is 36.0. The molecular formula is C51H36O3. The number of hydrogen-bond acceptors (Lipinski definition) is 3. The molecule has 0 spiro atoms. The van der Waals surface area contributed by atoms with Crippen molar-refractivity contribution in [2.45, 2.75) is 16.8 Å². The van der Waals surface area contributed by atoms with Gasteiger partial charge in [0.2, 0.25) is 0 Å². The van der Waals surface area contributed by atoms with E-state index in [-0.39, 0.29) is 0 Å². The van der Waals surface area contributed by atoms with E-state index >= 15 is 0 Å². The summed E-state index contributed by atoms with van der Waals surface area (Å²) in [6.07, 6.45) is 13.1. The maximum atomic E-state index is 7.49. The number of benzene rings is 7. The fourth-order valence-corrected chi connectivity index (χ4v) is 8.26. The molecule has 3 heterocycles. The Morgan fingerprint density at radius 1 is 0.241 bits per heavy atom. The Hall–Kier alpha value is -6.84. The van der Waals surface area contributed by atoms with E-state index in [2.05, 4.69) is 182 Å². The number of hydrogen-bond donors (Lipinski definition) is 0. The molecule has 0 aliphatic carbocycles. The molecule has 10 rings (SSSR count). The molecule has 3 aliphatic rings. The molecule has 0 saturated carbocycles. The lowest BCUT2D eigenvalue weighted by molar-refractivity contribution is 0.134. The molecule has 0 radical (unpaired) electrons. The quantitative estimate of drug-likeness (QED) is 0.173. The maximum Gasteiger partial charge on any atom is 0.178 e. The molecule has 0 N–H and O–H groups in total. The van der Waals surface area contributed by atoms with Crippen LogP contribution in [-0.4, -0.2) is 0 Å². The Balaban J connectivity index is 1.26. The molecule has 0 fully saturated rings. The van der Waals surface area contributed by atoms with Gasteiger partial charge in [-0.25, -0.2) is 0 Å². The first kappa shape index (κ1) is 31.9. The van der Waals surface area contributed by atoms with Crippen molar-refractivity contribution in [2.24, 2.45) is 0 Å². The molecule has 0 saturated heterocycles. The van der Waals surface area contributed by atoms with E-state index in [0.717, 1.165) is 50.1 Å². The fraction of sp³-hybridized carbons (Fsp3) is 0.0588. The van der Waals surface area contributed by atoms with Crippen LogP contribution in [0.4, 0.5) is 0 Å². The minimum Gasteiger partial charge on any atom is -0.472 e. The van der Waals surface area contributed by atoms with Crippen LogP contribution >= 0.6 is 0 Å². The van der Waals surface area contributed by atoms with Crippen molar-refractivity contribution in [3.63, 3.8) is 0 Å². The molecule has 0 amide bonds. The summed E-state index contributed by atoms with van der Waals surface area (Å²) in [6.45, 7) is 0. The van der Waals surface area contributed by atoms with Crippen molar-refractivity contribution in [3.8, 4) is 17.2 Å². The molecule has 0 unspecified atom stereocenters. The van der Waals surface area contributed by atoms with Crippen LogP contribution in [0.1, 0.15) is 50.1 Å². The monoisotopic (exact) mass is 696 g/mol. The standard InChI is InChI=1S/C51H36O3/c1-7-19-37(20-8-1)49(38-21-9-2-10-22-38)34-31-43-46(52-49)44-32-35-50(39-23-11-3-12-24-39,40-25-13-4-14-26-40)54-48(44)45-33-36-51(53-47(43)45,41-27-15-5-16-28-41)42-29-17-6-18-30-42/h1-36H. The maximum absolute atomic E-state index is 7.49. The summed E-state index contributed by atoms with van der Waals surface area (Å²) in [4.78, 5) is 0. The molecule has 54 heavy (non-hydrogen) atoms. The topological polar surface area (TPSA) is 27.7 Å². The van der Waals surface area contributed by atoms with E-state index in [9.17, 15) is 0 Å². The van der Waals surface area contributed by atoms with Gasteiger partial charge in [0.05, 0.1) is 16.7 Å². The summed E-state index contributed by atoms with van der Waals surface area (Å²) in [5, 5.41) is 0. The third kappa shape index (κ3) is 4.89. The highest BCUT2D eigenvalue weighted by molar-refractivity contribution is 5.88. The molecule has 3 nitrogen and oxygen atoms in total. The second kappa shape index (κ2) is 12.7. The van der Waals surface area contributed by atoms with Crippen molar-refractivity contribution < 1.29 is 14.2 Å².